The highest BCUT2D eigenvalue weighted by Crippen LogP contribution is 2.21. The van der Waals surface area contributed by atoms with Gasteiger partial charge in [0, 0.05) is 12.0 Å². The summed E-state index contributed by atoms with van der Waals surface area (Å²) in [5.74, 6) is -0.115. The number of phenolic OH excluding ortho intramolecular Hbond substituents is 1. The van der Waals surface area contributed by atoms with Crippen molar-refractivity contribution in [2.75, 3.05) is 11.5 Å². The van der Waals surface area contributed by atoms with E-state index in [1.807, 2.05) is 6.92 Å². The quantitative estimate of drug-likeness (QED) is 0.646. The predicted molar refractivity (Wildman–Crippen MR) is 84.6 cm³/mol. The zero-order valence-electron chi connectivity index (χ0n) is 12.7. The van der Waals surface area contributed by atoms with E-state index in [1.165, 1.54) is 0 Å². The van der Waals surface area contributed by atoms with Crippen molar-refractivity contribution in [3.8, 4) is 5.75 Å². The van der Waals surface area contributed by atoms with Gasteiger partial charge in [-0.1, -0.05) is 11.6 Å². The first-order chi connectivity index (χ1) is 10.3. The minimum Gasteiger partial charge on any atom is -0.507 e. The molecule has 2 rings (SSSR count). The van der Waals surface area contributed by atoms with Crippen LogP contribution < -0.4 is 5.43 Å². The van der Waals surface area contributed by atoms with Crippen molar-refractivity contribution in [2.45, 2.75) is 26.7 Å². The lowest BCUT2D eigenvalue weighted by Crippen LogP contribution is -2.22. The van der Waals surface area contributed by atoms with Gasteiger partial charge in [0.05, 0.1) is 17.2 Å². The number of benzene rings is 1. The second-order valence-corrected chi connectivity index (χ2v) is 7.95. The SMILES string of the molecule is C/C(=N\NC(=O)C[C@H]1CCS(=O)(=O)C1)c1cc(C)ccc1O. The average Bonchev–Trinajstić information content (AvgIpc) is 2.78. The molecule has 1 aliphatic rings. The summed E-state index contributed by atoms with van der Waals surface area (Å²) < 4.78 is 22.7. The standard InChI is InChI=1S/C15H20N2O4S/c1-10-3-4-14(18)13(7-10)11(2)16-17-15(19)8-12-5-6-22(20,21)9-12/h3-4,7,12,18H,5-6,8-9H2,1-2H3,(H,17,19)/b16-11+/t12-/m1/s1. The Balaban J connectivity index is 1.96. The molecular formula is C15H20N2O4S. The Bertz CT molecular complexity index is 710. The van der Waals surface area contributed by atoms with Crippen LogP contribution in [0, 0.1) is 12.8 Å². The minimum absolute atomic E-state index is 0.0712. The van der Waals surface area contributed by atoms with Gasteiger partial charge in [0.1, 0.15) is 5.75 Å². The number of rotatable bonds is 4. The predicted octanol–water partition coefficient (Wildman–Crippen LogP) is 1.37. The number of hydrazone groups is 1. The Morgan fingerprint density at radius 2 is 2.18 bits per heavy atom. The van der Waals surface area contributed by atoms with Gasteiger partial charge in [-0.3, -0.25) is 4.79 Å². The smallest absolute Gasteiger partial charge is 0.240 e. The fraction of sp³-hybridized carbons (Fsp3) is 0.467. The molecule has 1 aromatic rings. The summed E-state index contributed by atoms with van der Waals surface area (Å²) in [4.78, 5) is 11.8. The maximum absolute atomic E-state index is 11.8. The first kappa shape index (κ1) is 16.5. The molecule has 7 heteroatoms. The highest BCUT2D eigenvalue weighted by Gasteiger charge is 2.29. The van der Waals surface area contributed by atoms with Crippen LogP contribution in [-0.4, -0.2) is 36.6 Å². The highest BCUT2D eigenvalue weighted by molar-refractivity contribution is 7.91. The van der Waals surface area contributed by atoms with E-state index < -0.39 is 9.84 Å². The number of hydrogen-bond acceptors (Lipinski definition) is 5. The van der Waals surface area contributed by atoms with E-state index in [0.29, 0.717) is 17.7 Å². The van der Waals surface area contributed by atoms with Crippen LogP contribution in [0.25, 0.3) is 0 Å². The monoisotopic (exact) mass is 324 g/mol. The Kier molecular flexibility index (Phi) is 4.85. The lowest BCUT2D eigenvalue weighted by atomic mass is 10.1. The molecule has 1 amide bonds. The van der Waals surface area contributed by atoms with Crippen molar-refractivity contribution in [3.05, 3.63) is 29.3 Å². The normalized spacial score (nSPS) is 20.8. The van der Waals surface area contributed by atoms with Crippen molar-refractivity contribution in [2.24, 2.45) is 11.0 Å². The fourth-order valence-corrected chi connectivity index (χ4v) is 4.35. The molecule has 1 fully saturated rings. The van der Waals surface area contributed by atoms with Crippen molar-refractivity contribution in [1.29, 1.82) is 0 Å². The summed E-state index contributed by atoms with van der Waals surface area (Å²) >= 11 is 0. The van der Waals surface area contributed by atoms with Gasteiger partial charge >= 0.3 is 0 Å². The van der Waals surface area contributed by atoms with Crippen molar-refractivity contribution >= 4 is 21.5 Å². The zero-order valence-corrected chi connectivity index (χ0v) is 13.5. The third kappa shape index (κ3) is 4.30. The second-order valence-electron chi connectivity index (χ2n) is 5.73. The van der Waals surface area contributed by atoms with Crippen molar-refractivity contribution in [3.63, 3.8) is 0 Å². The molecule has 2 N–H and O–H groups in total. The van der Waals surface area contributed by atoms with Crippen LogP contribution in [0.3, 0.4) is 0 Å². The maximum atomic E-state index is 11.8. The molecule has 0 saturated carbocycles. The van der Waals surface area contributed by atoms with Gasteiger partial charge in [-0.25, -0.2) is 13.8 Å². The first-order valence-corrected chi connectivity index (χ1v) is 8.92. The number of aryl methyl sites for hydroxylation is 1. The number of sulfone groups is 1. The van der Waals surface area contributed by atoms with Gasteiger partial charge in [0.25, 0.3) is 0 Å². The number of nitrogens with one attached hydrogen (secondary N) is 1. The molecule has 1 atom stereocenters. The Hall–Kier alpha value is -1.89. The number of nitrogens with zero attached hydrogens (tertiary/aromatic N) is 1. The van der Waals surface area contributed by atoms with Gasteiger partial charge < -0.3 is 5.11 Å². The number of carbonyl (C=O) groups excluding carboxylic acids is 1. The molecule has 1 aromatic carbocycles. The summed E-state index contributed by atoms with van der Waals surface area (Å²) in [5.41, 5.74) is 4.45. The van der Waals surface area contributed by atoms with E-state index in [-0.39, 0.29) is 35.5 Å². The van der Waals surface area contributed by atoms with E-state index in [0.717, 1.165) is 5.56 Å². The molecule has 1 heterocycles. The van der Waals surface area contributed by atoms with Gasteiger partial charge in [-0.15, -0.1) is 0 Å². The van der Waals surface area contributed by atoms with Crippen LogP contribution in [-0.2, 0) is 14.6 Å². The molecular weight excluding hydrogens is 304 g/mol. The Morgan fingerprint density at radius 3 is 2.82 bits per heavy atom. The van der Waals surface area contributed by atoms with Gasteiger partial charge in [0.2, 0.25) is 5.91 Å². The lowest BCUT2D eigenvalue weighted by molar-refractivity contribution is -0.121. The number of hydrogen-bond donors (Lipinski definition) is 2. The van der Waals surface area contributed by atoms with Gasteiger partial charge in [0.15, 0.2) is 9.84 Å². The van der Waals surface area contributed by atoms with Crippen LogP contribution in [0.5, 0.6) is 5.75 Å². The fourth-order valence-electron chi connectivity index (χ4n) is 2.49. The average molecular weight is 324 g/mol. The molecule has 0 bridgehead atoms. The minimum atomic E-state index is -2.97. The van der Waals surface area contributed by atoms with Crippen LogP contribution in [0.15, 0.2) is 23.3 Å². The summed E-state index contributed by atoms with van der Waals surface area (Å²) in [5, 5.41) is 13.8. The molecule has 0 unspecified atom stereocenters. The van der Waals surface area contributed by atoms with Gasteiger partial charge in [-0.05, 0) is 38.3 Å². The topological polar surface area (TPSA) is 95.8 Å². The van der Waals surface area contributed by atoms with E-state index in [9.17, 15) is 18.3 Å². The van der Waals surface area contributed by atoms with Crippen LogP contribution in [0.2, 0.25) is 0 Å². The zero-order chi connectivity index (χ0) is 16.3. The summed E-state index contributed by atoms with van der Waals surface area (Å²) in [6.07, 6.45) is 0.674. The molecule has 1 aliphatic heterocycles. The molecule has 0 aliphatic carbocycles. The first-order valence-electron chi connectivity index (χ1n) is 7.10. The van der Waals surface area contributed by atoms with Crippen LogP contribution >= 0.6 is 0 Å². The summed E-state index contributed by atoms with van der Waals surface area (Å²) in [7, 11) is -2.97. The third-order valence-corrected chi connectivity index (χ3v) is 5.53. The molecule has 1 saturated heterocycles. The third-order valence-electron chi connectivity index (χ3n) is 3.69. The number of phenols is 1. The van der Waals surface area contributed by atoms with E-state index in [1.54, 1.807) is 25.1 Å². The van der Waals surface area contributed by atoms with Gasteiger partial charge in [-0.2, -0.15) is 5.10 Å². The molecule has 0 spiro atoms. The van der Waals surface area contributed by atoms with Crippen LogP contribution in [0.1, 0.15) is 30.9 Å². The summed E-state index contributed by atoms with van der Waals surface area (Å²) in [6.45, 7) is 3.59. The number of amides is 1. The maximum Gasteiger partial charge on any atom is 0.240 e. The van der Waals surface area contributed by atoms with E-state index >= 15 is 0 Å². The molecule has 22 heavy (non-hydrogen) atoms. The van der Waals surface area contributed by atoms with E-state index in [4.69, 9.17) is 0 Å². The largest absolute Gasteiger partial charge is 0.507 e. The number of aromatic hydroxyl groups is 1. The molecule has 0 aromatic heterocycles. The van der Waals surface area contributed by atoms with E-state index in [2.05, 4.69) is 10.5 Å². The Labute approximate surface area is 130 Å². The van der Waals surface area contributed by atoms with Crippen molar-refractivity contribution < 1.29 is 18.3 Å². The molecule has 6 nitrogen and oxygen atoms in total. The number of carbonyl (C=O) groups is 1. The van der Waals surface area contributed by atoms with Crippen LogP contribution in [0.4, 0.5) is 0 Å². The lowest BCUT2D eigenvalue weighted by Gasteiger charge is -2.08. The molecule has 0 radical (unpaired) electrons. The second kappa shape index (κ2) is 6.48. The molecule has 120 valence electrons. The van der Waals surface area contributed by atoms with Crippen molar-refractivity contribution in [1.82, 2.24) is 5.43 Å². The Morgan fingerprint density at radius 1 is 1.45 bits per heavy atom. The highest BCUT2D eigenvalue weighted by atomic mass is 32.2. The summed E-state index contributed by atoms with van der Waals surface area (Å²) in [6, 6.07) is 5.14.